The number of amides is 1. The molecule has 0 saturated carbocycles. The van der Waals surface area contributed by atoms with Crippen molar-refractivity contribution in [1.29, 1.82) is 0 Å². The van der Waals surface area contributed by atoms with Crippen LogP contribution in [0.1, 0.15) is 10.4 Å². The summed E-state index contributed by atoms with van der Waals surface area (Å²) >= 11 is 0. The topological polar surface area (TPSA) is 47.0 Å². The molecule has 0 spiro atoms. The van der Waals surface area contributed by atoms with Gasteiger partial charge in [-0.25, -0.2) is 4.39 Å². The zero-order valence-corrected chi connectivity index (χ0v) is 12.5. The minimum absolute atomic E-state index is 0.223. The van der Waals surface area contributed by atoms with Crippen LogP contribution in [-0.2, 0) is 0 Å². The van der Waals surface area contributed by atoms with E-state index < -0.39 is 11.7 Å². The molecule has 21 heavy (non-hydrogen) atoms. The fourth-order valence-electron chi connectivity index (χ4n) is 2.40. The average molecular weight is 295 g/mol. The molecule has 1 amide bonds. The molecule has 0 radical (unpaired) electrons. The first-order chi connectivity index (χ1) is 9.99. The largest absolute Gasteiger partial charge is 0.507 e. The van der Waals surface area contributed by atoms with Gasteiger partial charge >= 0.3 is 0 Å². The highest BCUT2D eigenvalue weighted by molar-refractivity contribution is 5.97. The second-order valence-corrected chi connectivity index (χ2v) is 5.57. The van der Waals surface area contributed by atoms with E-state index in [1.807, 2.05) is 14.1 Å². The summed E-state index contributed by atoms with van der Waals surface area (Å²) < 4.78 is 13.7. The minimum Gasteiger partial charge on any atom is -0.507 e. The number of phenols is 1. The summed E-state index contributed by atoms with van der Waals surface area (Å²) in [4.78, 5) is 18.3. The maximum absolute atomic E-state index is 13.7. The molecular formula is C15H22FN3O2. The van der Waals surface area contributed by atoms with Crippen LogP contribution in [-0.4, -0.2) is 79.1 Å². The van der Waals surface area contributed by atoms with E-state index in [0.29, 0.717) is 13.1 Å². The molecule has 0 aromatic heterocycles. The first-order valence-corrected chi connectivity index (χ1v) is 7.13. The lowest BCUT2D eigenvalue weighted by molar-refractivity contribution is 0.0622. The van der Waals surface area contributed by atoms with Gasteiger partial charge in [-0.05, 0) is 26.2 Å². The van der Waals surface area contributed by atoms with Gasteiger partial charge in [-0.2, -0.15) is 0 Å². The third-order valence-corrected chi connectivity index (χ3v) is 3.73. The van der Waals surface area contributed by atoms with Gasteiger partial charge in [0.25, 0.3) is 5.91 Å². The molecule has 1 saturated heterocycles. The van der Waals surface area contributed by atoms with Gasteiger partial charge in [0.15, 0.2) is 0 Å². The maximum Gasteiger partial charge on any atom is 0.260 e. The molecule has 1 fully saturated rings. The van der Waals surface area contributed by atoms with Crippen molar-refractivity contribution in [3.63, 3.8) is 0 Å². The van der Waals surface area contributed by atoms with Gasteiger partial charge in [0.05, 0.1) is 0 Å². The molecule has 1 aromatic rings. The van der Waals surface area contributed by atoms with Gasteiger partial charge in [0.2, 0.25) is 0 Å². The molecule has 0 atom stereocenters. The number of aromatic hydroxyl groups is 1. The average Bonchev–Trinajstić information content (AvgIpc) is 2.45. The molecule has 0 bridgehead atoms. The number of piperazine rings is 1. The zero-order valence-electron chi connectivity index (χ0n) is 12.5. The van der Waals surface area contributed by atoms with E-state index >= 15 is 0 Å². The summed E-state index contributed by atoms with van der Waals surface area (Å²) in [6.07, 6.45) is 0. The van der Waals surface area contributed by atoms with E-state index in [2.05, 4.69) is 9.80 Å². The van der Waals surface area contributed by atoms with Crippen LogP contribution in [0.4, 0.5) is 4.39 Å². The third kappa shape index (κ3) is 3.92. The number of phenolic OH excluding ortho intramolecular Hbond substituents is 1. The predicted molar refractivity (Wildman–Crippen MR) is 79.0 cm³/mol. The van der Waals surface area contributed by atoms with Gasteiger partial charge in [-0.15, -0.1) is 0 Å². The smallest absolute Gasteiger partial charge is 0.260 e. The Morgan fingerprint density at radius 1 is 1.29 bits per heavy atom. The summed E-state index contributed by atoms with van der Waals surface area (Å²) in [5, 5.41) is 9.69. The number of carbonyl (C=O) groups excluding carboxylic acids is 1. The number of rotatable bonds is 4. The van der Waals surface area contributed by atoms with Crippen molar-refractivity contribution >= 4 is 5.91 Å². The van der Waals surface area contributed by atoms with Gasteiger partial charge in [-0.1, -0.05) is 6.07 Å². The fourth-order valence-corrected chi connectivity index (χ4v) is 2.40. The number of hydrogen-bond donors (Lipinski definition) is 1. The Bertz CT molecular complexity index is 479. The van der Waals surface area contributed by atoms with Crippen LogP contribution in [0.15, 0.2) is 18.2 Å². The Labute approximate surface area is 124 Å². The van der Waals surface area contributed by atoms with Crippen LogP contribution in [0.5, 0.6) is 5.75 Å². The standard InChI is InChI=1S/C15H22FN3O2/c1-17(2)6-7-18-8-10-19(11-9-18)15(21)14-12(16)4-3-5-13(14)20/h3-5,20H,6-11H2,1-2H3. The van der Waals surface area contributed by atoms with E-state index in [1.54, 1.807) is 4.90 Å². The van der Waals surface area contributed by atoms with E-state index in [9.17, 15) is 14.3 Å². The lowest BCUT2D eigenvalue weighted by Crippen LogP contribution is -2.50. The summed E-state index contributed by atoms with van der Waals surface area (Å²) in [5.41, 5.74) is -0.223. The monoisotopic (exact) mass is 295 g/mol. The number of nitrogens with zero attached hydrogens (tertiary/aromatic N) is 3. The van der Waals surface area contributed by atoms with E-state index in [0.717, 1.165) is 26.2 Å². The Morgan fingerprint density at radius 3 is 2.52 bits per heavy atom. The molecule has 0 aliphatic carbocycles. The van der Waals surface area contributed by atoms with Crippen molar-refractivity contribution in [1.82, 2.24) is 14.7 Å². The fraction of sp³-hybridized carbons (Fsp3) is 0.533. The van der Waals surface area contributed by atoms with Gasteiger partial charge in [0, 0.05) is 39.3 Å². The molecule has 1 heterocycles. The normalized spacial score (nSPS) is 16.5. The number of halogens is 1. The maximum atomic E-state index is 13.7. The molecule has 1 N–H and O–H groups in total. The zero-order chi connectivity index (χ0) is 15.4. The van der Waals surface area contributed by atoms with E-state index in [-0.39, 0.29) is 11.3 Å². The van der Waals surface area contributed by atoms with Crippen LogP contribution < -0.4 is 0 Å². The molecule has 6 heteroatoms. The van der Waals surface area contributed by atoms with Crippen molar-refractivity contribution in [2.75, 3.05) is 53.4 Å². The van der Waals surface area contributed by atoms with Crippen LogP contribution in [0, 0.1) is 5.82 Å². The lowest BCUT2D eigenvalue weighted by Gasteiger charge is -2.35. The summed E-state index contributed by atoms with van der Waals surface area (Å²) in [6.45, 7) is 4.59. The van der Waals surface area contributed by atoms with Crippen molar-refractivity contribution in [2.24, 2.45) is 0 Å². The van der Waals surface area contributed by atoms with Gasteiger partial charge in [0.1, 0.15) is 17.1 Å². The van der Waals surface area contributed by atoms with Crippen molar-refractivity contribution < 1.29 is 14.3 Å². The Morgan fingerprint density at radius 2 is 1.95 bits per heavy atom. The first kappa shape index (κ1) is 15.7. The highest BCUT2D eigenvalue weighted by atomic mass is 19.1. The molecule has 0 unspecified atom stereocenters. The second kappa shape index (κ2) is 6.87. The number of likely N-dealkylation sites (N-methyl/N-ethyl adjacent to an activating group) is 1. The minimum atomic E-state index is -0.671. The Kier molecular flexibility index (Phi) is 5.14. The summed E-state index contributed by atoms with van der Waals surface area (Å²) in [6, 6.07) is 3.92. The van der Waals surface area contributed by atoms with Crippen molar-refractivity contribution in [2.45, 2.75) is 0 Å². The van der Waals surface area contributed by atoms with Crippen molar-refractivity contribution in [3.05, 3.63) is 29.6 Å². The molecule has 116 valence electrons. The number of benzene rings is 1. The van der Waals surface area contributed by atoms with E-state index in [4.69, 9.17) is 0 Å². The van der Waals surface area contributed by atoms with Gasteiger partial charge < -0.3 is 14.9 Å². The van der Waals surface area contributed by atoms with Gasteiger partial charge in [-0.3, -0.25) is 9.69 Å². The van der Waals surface area contributed by atoms with Crippen molar-refractivity contribution in [3.8, 4) is 5.75 Å². The third-order valence-electron chi connectivity index (χ3n) is 3.73. The van der Waals surface area contributed by atoms with Crippen LogP contribution >= 0.6 is 0 Å². The number of hydrogen-bond acceptors (Lipinski definition) is 4. The molecule has 5 nitrogen and oxygen atoms in total. The lowest BCUT2D eigenvalue weighted by atomic mass is 10.1. The van der Waals surface area contributed by atoms with Crippen LogP contribution in [0.25, 0.3) is 0 Å². The summed E-state index contributed by atoms with van der Waals surface area (Å²) in [5.74, 6) is -1.40. The Hall–Kier alpha value is -1.66. The quantitative estimate of drug-likeness (QED) is 0.894. The SMILES string of the molecule is CN(C)CCN1CCN(C(=O)c2c(O)cccc2F)CC1. The molecule has 1 aliphatic heterocycles. The molecule has 1 aromatic carbocycles. The second-order valence-electron chi connectivity index (χ2n) is 5.57. The summed E-state index contributed by atoms with van der Waals surface area (Å²) in [7, 11) is 4.06. The molecular weight excluding hydrogens is 273 g/mol. The highest BCUT2D eigenvalue weighted by Gasteiger charge is 2.26. The Balaban J connectivity index is 1.94. The predicted octanol–water partition coefficient (Wildman–Crippen LogP) is 0.851. The highest BCUT2D eigenvalue weighted by Crippen LogP contribution is 2.22. The van der Waals surface area contributed by atoms with Crippen LogP contribution in [0.3, 0.4) is 0 Å². The molecule has 1 aliphatic rings. The first-order valence-electron chi connectivity index (χ1n) is 7.13. The van der Waals surface area contributed by atoms with Crippen LogP contribution in [0.2, 0.25) is 0 Å². The van der Waals surface area contributed by atoms with E-state index in [1.165, 1.54) is 18.2 Å². The number of carbonyl (C=O) groups is 1. The molecule has 2 rings (SSSR count).